The van der Waals surface area contributed by atoms with E-state index in [9.17, 15) is 4.79 Å². The Morgan fingerprint density at radius 1 is 1.62 bits per heavy atom. The standard InChI is InChI=1S/C9H18N2O2/c1-7(2)6-13-9(12)11-4-8(3-10)5-11/h7-8H,3-6,10H2,1-2H3. The maximum absolute atomic E-state index is 11.3. The van der Waals surface area contributed by atoms with Gasteiger partial charge in [0.2, 0.25) is 0 Å². The second-order valence-electron chi connectivity index (χ2n) is 3.98. The van der Waals surface area contributed by atoms with Crippen molar-refractivity contribution in [3.63, 3.8) is 0 Å². The van der Waals surface area contributed by atoms with E-state index < -0.39 is 0 Å². The van der Waals surface area contributed by atoms with Gasteiger partial charge in [-0.2, -0.15) is 0 Å². The van der Waals surface area contributed by atoms with Crippen molar-refractivity contribution in [3.05, 3.63) is 0 Å². The number of ether oxygens (including phenoxy) is 1. The van der Waals surface area contributed by atoms with Crippen molar-refractivity contribution in [2.24, 2.45) is 17.6 Å². The molecule has 2 N–H and O–H groups in total. The van der Waals surface area contributed by atoms with E-state index in [4.69, 9.17) is 10.5 Å². The summed E-state index contributed by atoms with van der Waals surface area (Å²) in [4.78, 5) is 12.9. The fraction of sp³-hybridized carbons (Fsp3) is 0.889. The van der Waals surface area contributed by atoms with E-state index in [2.05, 4.69) is 0 Å². The van der Waals surface area contributed by atoms with Gasteiger partial charge in [0, 0.05) is 19.0 Å². The topological polar surface area (TPSA) is 55.6 Å². The molecular formula is C9H18N2O2. The number of nitrogens with zero attached hydrogens (tertiary/aromatic N) is 1. The van der Waals surface area contributed by atoms with Crippen molar-refractivity contribution < 1.29 is 9.53 Å². The fourth-order valence-corrected chi connectivity index (χ4v) is 1.20. The Morgan fingerprint density at radius 2 is 2.23 bits per heavy atom. The molecule has 76 valence electrons. The van der Waals surface area contributed by atoms with Gasteiger partial charge in [-0.05, 0) is 12.5 Å². The van der Waals surface area contributed by atoms with Crippen molar-refractivity contribution in [1.82, 2.24) is 4.90 Å². The van der Waals surface area contributed by atoms with Gasteiger partial charge in [0.05, 0.1) is 6.61 Å². The molecule has 0 aliphatic carbocycles. The molecule has 1 fully saturated rings. The van der Waals surface area contributed by atoms with Gasteiger partial charge in [0.1, 0.15) is 0 Å². The van der Waals surface area contributed by atoms with Gasteiger partial charge >= 0.3 is 6.09 Å². The van der Waals surface area contributed by atoms with E-state index >= 15 is 0 Å². The molecule has 0 spiro atoms. The van der Waals surface area contributed by atoms with Crippen molar-refractivity contribution in [2.45, 2.75) is 13.8 Å². The predicted octanol–water partition coefficient (Wildman–Crippen LogP) is 0.670. The van der Waals surface area contributed by atoms with E-state index in [1.54, 1.807) is 4.90 Å². The number of hydrogen-bond donors (Lipinski definition) is 1. The van der Waals surface area contributed by atoms with Gasteiger partial charge in [0.25, 0.3) is 0 Å². The highest BCUT2D eigenvalue weighted by Gasteiger charge is 2.30. The highest BCUT2D eigenvalue weighted by atomic mass is 16.6. The molecule has 1 saturated heterocycles. The Morgan fingerprint density at radius 3 is 2.69 bits per heavy atom. The first-order valence-corrected chi connectivity index (χ1v) is 4.75. The van der Waals surface area contributed by atoms with Crippen LogP contribution in [0.4, 0.5) is 4.79 Å². The van der Waals surface area contributed by atoms with Crippen molar-refractivity contribution in [2.75, 3.05) is 26.2 Å². The molecule has 13 heavy (non-hydrogen) atoms. The van der Waals surface area contributed by atoms with E-state index in [0.717, 1.165) is 13.1 Å². The molecule has 1 rings (SSSR count). The number of likely N-dealkylation sites (tertiary alicyclic amines) is 1. The summed E-state index contributed by atoms with van der Waals surface area (Å²) in [5.74, 6) is 0.877. The van der Waals surface area contributed by atoms with Crippen LogP contribution in [0.15, 0.2) is 0 Å². The van der Waals surface area contributed by atoms with Crippen LogP contribution < -0.4 is 5.73 Å². The molecule has 0 aromatic carbocycles. The molecule has 0 atom stereocenters. The fourth-order valence-electron chi connectivity index (χ4n) is 1.20. The number of nitrogens with two attached hydrogens (primary N) is 1. The van der Waals surface area contributed by atoms with Crippen LogP contribution in [-0.4, -0.2) is 37.2 Å². The van der Waals surface area contributed by atoms with Crippen molar-refractivity contribution in [1.29, 1.82) is 0 Å². The summed E-state index contributed by atoms with van der Waals surface area (Å²) in [6.45, 7) is 6.72. The first-order chi connectivity index (χ1) is 6.13. The van der Waals surface area contributed by atoms with E-state index in [1.165, 1.54) is 0 Å². The summed E-state index contributed by atoms with van der Waals surface area (Å²) in [5, 5.41) is 0. The monoisotopic (exact) mass is 186 g/mol. The van der Waals surface area contributed by atoms with Crippen LogP contribution in [0.25, 0.3) is 0 Å². The molecule has 0 saturated carbocycles. The summed E-state index contributed by atoms with van der Waals surface area (Å²) in [7, 11) is 0. The second kappa shape index (κ2) is 4.46. The number of amides is 1. The van der Waals surface area contributed by atoms with Crippen LogP contribution in [0.2, 0.25) is 0 Å². The van der Waals surface area contributed by atoms with Crippen molar-refractivity contribution >= 4 is 6.09 Å². The number of hydrogen-bond acceptors (Lipinski definition) is 3. The number of carbonyl (C=O) groups is 1. The Bertz CT molecular complexity index is 176. The third kappa shape index (κ3) is 2.88. The van der Waals surface area contributed by atoms with Gasteiger partial charge in [-0.15, -0.1) is 0 Å². The molecule has 0 bridgehead atoms. The smallest absolute Gasteiger partial charge is 0.409 e. The minimum absolute atomic E-state index is 0.196. The van der Waals surface area contributed by atoms with Crippen molar-refractivity contribution in [3.8, 4) is 0 Å². The maximum atomic E-state index is 11.3. The first kappa shape index (κ1) is 10.3. The first-order valence-electron chi connectivity index (χ1n) is 4.75. The third-order valence-electron chi connectivity index (χ3n) is 2.09. The average Bonchev–Trinajstić information content (AvgIpc) is 1.99. The summed E-state index contributed by atoms with van der Waals surface area (Å²) in [5.41, 5.74) is 5.44. The summed E-state index contributed by atoms with van der Waals surface area (Å²) in [6, 6.07) is 0. The lowest BCUT2D eigenvalue weighted by atomic mass is 10.0. The lowest BCUT2D eigenvalue weighted by Gasteiger charge is -2.37. The molecule has 0 unspecified atom stereocenters. The van der Waals surface area contributed by atoms with Crippen LogP contribution in [-0.2, 0) is 4.74 Å². The molecule has 0 aromatic rings. The van der Waals surface area contributed by atoms with Crippen LogP contribution in [0.5, 0.6) is 0 Å². The average molecular weight is 186 g/mol. The third-order valence-corrected chi connectivity index (χ3v) is 2.09. The minimum Gasteiger partial charge on any atom is -0.449 e. The molecule has 4 heteroatoms. The minimum atomic E-state index is -0.196. The largest absolute Gasteiger partial charge is 0.449 e. The van der Waals surface area contributed by atoms with Crippen LogP contribution >= 0.6 is 0 Å². The predicted molar refractivity (Wildman–Crippen MR) is 50.3 cm³/mol. The zero-order valence-corrected chi connectivity index (χ0v) is 8.32. The Labute approximate surface area is 79.0 Å². The van der Waals surface area contributed by atoms with Crippen LogP contribution in [0.1, 0.15) is 13.8 Å². The second-order valence-corrected chi connectivity index (χ2v) is 3.98. The van der Waals surface area contributed by atoms with E-state index in [1.807, 2.05) is 13.8 Å². The van der Waals surface area contributed by atoms with Crippen LogP contribution in [0.3, 0.4) is 0 Å². The summed E-state index contributed by atoms with van der Waals surface area (Å²) < 4.78 is 5.05. The quantitative estimate of drug-likeness (QED) is 0.704. The Hall–Kier alpha value is -0.770. The molecular weight excluding hydrogens is 168 g/mol. The van der Waals surface area contributed by atoms with Gasteiger partial charge in [-0.25, -0.2) is 4.79 Å². The molecule has 1 aliphatic heterocycles. The summed E-state index contributed by atoms with van der Waals surface area (Å²) >= 11 is 0. The van der Waals surface area contributed by atoms with Gasteiger partial charge in [0.15, 0.2) is 0 Å². The molecule has 1 aliphatic rings. The normalized spacial score (nSPS) is 17.4. The molecule has 1 heterocycles. The van der Waals surface area contributed by atoms with Gasteiger partial charge in [-0.3, -0.25) is 0 Å². The Kier molecular flexibility index (Phi) is 3.54. The Balaban J connectivity index is 2.12. The van der Waals surface area contributed by atoms with E-state index in [-0.39, 0.29) is 6.09 Å². The molecule has 4 nitrogen and oxygen atoms in total. The van der Waals surface area contributed by atoms with E-state index in [0.29, 0.717) is 25.0 Å². The highest BCUT2D eigenvalue weighted by Crippen LogP contribution is 2.15. The number of rotatable bonds is 3. The lowest BCUT2D eigenvalue weighted by molar-refractivity contribution is 0.0498. The van der Waals surface area contributed by atoms with Gasteiger partial charge < -0.3 is 15.4 Å². The number of carbonyl (C=O) groups excluding carboxylic acids is 1. The maximum Gasteiger partial charge on any atom is 0.409 e. The lowest BCUT2D eigenvalue weighted by Crippen LogP contribution is -2.52. The SMILES string of the molecule is CC(C)COC(=O)N1CC(CN)C1. The molecule has 1 amide bonds. The molecule has 0 radical (unpaired) electrons. The van der Waals surface area contributed by atoms with Gasteiger partial charge in [-0.1, -0.05) is 13.8 Å². The zero-order valence-electron chi connectivity index (χ0n) is 8.32. The molecule has 0 aromatic heterocycles. The zero-order chi connectivity index (χ0) is 9.84. The van der Waals surface area contributed by atoms with Crippen LogP contribution in [0, 0.1) is 11.8 Å². The highest BCUT2D eigenvalue weighted by molar-refractivity contribution is 5.68. The summed E-state index contributed by atoms with van der Waals surface area (Å²) in [6.07, 6.45) is -0.196.